The van der Waals surface area contributed by atoms with Crippen LogP contribution in [0.25, 0.3) is 0 Å². The topological polar surface area (TPSA) is 24.9 Å². The molecule has 1 N–H and O–H groups in total. The van der Waals surface area contributed by atoms with E-state index in [1.54, 1.807) is 0 Å². The third-order valence-corrected chi connectivity index (χ3v) is 2.06. The fraction of sp³-hybridized carbons (Fsp3) is 0.417. The Balaban J connectivity index is 2.73. The second kappa shape index (κ2) is 4.27. The van der Waals surface area contributed by atoms with Gasteiger partial charge in [0.2, 0.25) is 0 Å². The summed E-state index contributed by atoms with van der Waals surface area (Å²) in [5.74, 6) is 0.901. The summed E-state index contributed by atoms with van der Waals surface area (Å²) >= 11 is 0. The van der Waals surface area contributed by atoms with E-state index in [0.717, 1.165) is 12.4 Å². The molecule has 76 valence electrons. The lowest BCUT2D eigenvalue weighted by atomic mass is 9.88. The lowest BCUT2D eigenvalue weighted by molar-refractivity contribution is 0.587. The molecule has 0 bridgehead atoms. The monoisotopic (exact) mass is 190 g/mol. The van der Waals surface area contributed by atoms with Crippen molar-refractivity contribution in [1.82, 2.24) is 4.98 Å². The van der Waals surface area contributed by atoms with E-state index in [2.05, 4.69) is 43.7 Å². The van der Waals surface area contributed by atoms with Gasteiger partial charge in [0, 0.05) is 12.7 Å². The highest BCUT2D eigenvalue weighted by Crippen LogP contribution is 2.21. The predicted molar refractivity (Wildman–Crippen MR) is 61.6 cm³/mol. The minimum absolute atomic E-state index is 0.171. The summed E-state index contributed by atoms with van der Waals surface area (Å²) in [4.78, 5) is 4.32. The van der Waals surface area contributed by atoms with E-state index in [-0.39, 0.29) is 5.41 Å². The zero-order valence-corrected chi connectivity index (χ0v) is 9.17. The first-order chi connectivity index (χ1) is 6.54. The predicted octanol–water partition coefficient (Wildman–Crippen LogP) is 2.98. The summed E-state index contributed by atoms with van der Waals surface area (Å²) in [7, 11) is 0. The molecule has 0 atom stereocenters. The van der Waals surface area contributed by atoms with Crippen molar-refractivity contribution in [2.24, 2.45) is 0 Å². The number of rotatable bonds is 3. The van der Waals surface area contributed by atoms with Crippen molar-refractivity contribution in [2.75, 3.05) is 11.9 Å². The maximum atomic E-state index is 4.32. The lowest BCUT2D eigenvalue weighted by Gasteiger charge is -2.18. The SMILES string of the molecule is C=CCNc1ccc(C(C)(C)C)cn1. The van der Waals surface area contributed by atoms with Crippen LogP contribution in [0, 0.1) is 0 Å². The lowest BCUT2D eigenvalue weighted by Crippen LogP contribution is -2.11. The maximum Gasteiger partial charge on any atom is 0.126 e. The normalized spacial score (nSPS) is 11.1. The molecule has 14 heavy (non-hydrogen) atoms. The molecule has 0 aliphatic heterocycles. The molecule has 0 fully saturated rings. The van der Waals surface area contributed by atoms with Crippen LogP contribution in [-0.2, 0) is 5.41 Å². The van der Waals surface area contributed by atoms with Gasteiger partial charge in [0.05, 0.1) is 0 Å². The van der Waals surface area contributed by atoms with Gasteiger partial charge in [-0.15, -0.1) is 6.58 Å². The quantitative estimate of drug-likeness (QED) is 0.741. The van der Waals surface area contributed by atoms with Crippen LogP contribution in [-0.4, -0.2) is 11.5 Å². The van der Waals surface area contributed by atoms with Crippen LogP contribution in [0.15, 0.2) is 31.0 Å². The van der Waals surface area contributed by atoms with Gasteiger partial charge in [-0.1, -0.05) is 32.9 Å². The molecule has 0 aliphatic carbocycles. The van der Waals surface area contributed by atoms with E-state index in [9.17, 15) is 0 Å². The molecule has 1 aromatic rings. The molecule has 0 spiro atoms. The smallest absolute Gasteiger partial charge is 0.126 e. The van der Waals surface area contributed by atoms with Crippen LogP contribution in [0.4, 0.5) is 5.82 Å². The molecule has 2 heteroatoms. The molecule has 1 heterocycles. The van der Waals surface area contributed by atoms with Gasteiger partial charge in [-0.05, 0) is 17.0 Å². The van der Waals surface area contributed by atoms with Gasteiger partial charge in [-0.25, -0.2) is 4.98 Å². The second-order valence-electron chi connectivity index (χ2n) is 4.35. The molecule has 0 radical (unpaired) electrons. The zero-order chi connectivity index (χ0) is 10.6. The fourth-order valence-electron chi connectivity index (χ4n) is 1.12. The van der Waals surface area contributed by atoms with Crippen LogP contribution in [0.2, 0.25) is 0 Å². The van der Waals surface area contributed by atoms with Gasteiger partial charge in [-0.3, -0.25) is 0 Å². The highest BCUT2D eigenvalue weighted by atomic mass is 15.0. The third kappa shape index (κ3) is 2.87. The van der Waals surface area contributed by atoms with Gasteiger partial charge in [-0.2, -0.15) is 0 Å². The highest BCUT2D eigenvalue weighted by molar-refractivity contribution is 5.37. The van der Waals surface area contributed by atoms with Crippen molar-refractivity contribution in [3.63, 3.8) is 0 Å². The number of anilines is 1. The summed E-state index contributed by atoms with van der Waals surface area (Å²) in [6.45, 7) is 10.9. The van der Waals surface area contributed by atoms with E-state index in [1.807, 2.05) is 18.3 Å². The Labute approximate surface area is 86.1 Å². The maximum absolute atomic E-state index is 4.32. The van der Waals surface area contributed by atoms with Gasteiger partial charge in [0.25, 0.3) is 0 Å². The molecule has 0 saturated carbocycles. The molecule has 0 aromatic carbocycles. The van der Waals surface area contributed by atoms with Crippen molar-refractivity contribution in [1.29, 1.82) is 0 Å². The Morgan fingerprint density at radius 1 is 1.43 bits per heavy atom. The second-order valence-corrected chi connectivity index (χ2v) is 4.35. The van der Waals surface area contributed by atoms with Gasteiger partial charge in [0.1, 0.15) is 5.82 Å². The highest BCUT2D eigenvalue weighted by Gasteiger charge is 2.13. The Bertz CT molecular complexity index is 293. The Morgan fingerprint density at radius 3 is 2.57 bits per heavy atom. The number of nitrogens with zero attached hydrogens (tertiary/aromatic N) is 1. The van der Waals surface area contributed by atoms with Gasteiger partial charge < -0.3 is 5.32 Å². The van der Waals surface area contributed by atoms with E-state index in [4.69, 9.17) is 0 Å². The van der Waals surface area contributed by atoms with Crippen LogP contribution in [0.1, 0.15) is 26.3 Å². The number of pyridine rings is 1. The first-order valence-corrected chi connectivity index (χ1v) is 4.85. The van der Waals surface area contributed by atoms with Gasteiger partial charge >= 0.3 is 0 Å². The average molecular weight is 190 g/mol. The number of hydrogen-bond acceptors (Lipinski definition) is 2. The summed E-state index contributed by atoms with van der Waals surface area (Å²) in [6.07, 6.45) is 3.74. The van der Waals surface area contributed by atoms with Crippen molar-refractivity contribution in [3.8, 4) is 0 Å². The van der Waals surface area contributed by atoms with Crippen molar-refractivity contribution in [3.05, 3.63) is 36.5 Å². The Kier molecular flexibility index (Phi) is 3.28. The molecule has 1 aromatic heterocycles. The van der Waals surface area contributed by atoms with E-state index in [0.29, 0.717) is 0 Å². The zero-order valence-electron chi connectivity index (χ0n) is 9.17. The van der Waals surface area contributed by atoms with Crippen molar-refractivity contribution < 1.29 is 0 Å². The van der Waals surface area contributed by atoms with Crippen LogP contribution >= 0.6 is 0 Å². The molecule has 0 saturated heterocycles. The summed E-state index contributed by atoms with van der Waals surface area (Å²) < 4.78 is 0. The van der Waals surface area contributed by atoms with Gasteiger partial charge in [0.15, 0.2) is 0 Å². The molecular formula is C12H18N2. The summed E-state index contributed by atoms with van der Waals surface area (Å²) in [6, 6.07) is 4.11. The van der Waals surface area contributed by atoms with Crippen LogP contribution in [0.5, 0.6) is 0 Å². The summed E-state index contributed by atoms with van der Waals surface area (Å²) in [5, 5.41) is 3.14. The summed E-state index contributed by atoms with van der Waals surface area (Å²) in [5.41, 5.74) is 1.42. The minimum atomic E-state index is 0.171. The molecular weight excluding hydrogens is 172 g/mol. The van der Waals surface area contributed by atoms with Crippen LogP contribution in [0.3, 0.4) is 0 Å². The number of hydrogen-bond donors (Lipinski definition) is 1. The Morgan fingerprint density at radius 2 is 2.14 bits per heavy atom. The first-order valence-electron chi connectivity index (χ1n) is 4.85. The van der Waals surface area contributed by atoms with Crippen molar-refractivity contribution in [2.45, 2.75) is 26.2 Å². The first kappa shape index (κ1) is 10.8. The molecule has 0 amide bonds. The fourth-order valence-corrected chi connectivity index (χ4v) is 1.12. The third-order valence-electron chi connectivity index (χ3n) is 2.06. The molecule has 2 nitrogen and oxygen atoms in total. The molecule has 0 unspecified atom stereocenters. The largest absolute Gasteiger partial charge is 0.367 e. The number of aromatic nitrogens is 1. The van der Waals surface area contributed by atoms with Crippen molar-refractivity contribution >= 4 is 5.82 Å². The standard InChI is InChI=1S/C12H18N2/c1-5-8-13-11-7-6-10(9-14-11)12(2,3)4/h5-7,9H,1,8H2,2-4H3,(H,13,14). The van der Waals surface area contributed by atoms with E-state index < -0.39 is 0 Å². The molecule has 0 aliphatic rings. The molecule has 1 rings (SSSR count). The number of nitrogens with one attached hydrogen (secondary N) is 1. The minimum Gasteiger partial charge on any atom is -0.367 e. The van der Waals surface area contributed by atoms with Crippen LogP contribution < -0.4 is 5.32 Å². The average Bonchev–Trinajstić information content (AvgIpc) is 2.14. The van der Waals surface area contributed by atoms with E-state index in [1.165, 1.54) is 5.56 Å². The van der Waals surface area contributed by atoms with E-state index >= 15 is 0 Å². The Hall–Kier alpha value is -1.31.